The molecule has 5 heteroatoms. The first-order valence-corrected chi connectivity index (χ1v) is 5.92. The maximum atomic E-state index is 11.1. The maximum absolute atomic E-state index is 11.1. The minimum absolute atomic E-state index is 0.0458. The first kappa shape index (κ1) is 14.4. The van der Waals surface area contributed by atoms with E-state index in [9.17, 15) is 4.79 Å². The van der Waals surface area contributed by atoms with Crippen LogP contribution in [0.1, 0.15) is 37.6 Å². The molecule has 18 heavy (non-hydrogen) atoms. The fraction of sp³-hybridized carbons (Fsp3) is 0.538. The summed E-state index contributed by atoms with van der Waals surface area (Å²) >= 11 is 0. The van der Waals surface area contributed by atoms with Gasteiger partial charge in [-0.05, 0) is 24.0 Å². The van der Waals surface area contributed by atoms with Gasteiger partial charge in [-0.2, -0.15) is 0 Å². The number of pyridine rings is 1. The molecule has 0 fully saturated rings. The van der Waals surface area contributed by atoms with Gasteiger partial charge in [-0.25, -0.2) is 9.78 Å². The molecule has 0 saturated heterocycles. The number of hydrogen-bond donors (Lipinski definition) is 3. The van der Waals surface area contributed by atoms with Crippen LogP contribution in [-0.2, 0) is 0 Å². The van der Waals surface area contributed by atoms with Crippen LogP contribution in [-0.4, -0.2) is 33.8 Å². The molecule has 0 aromatic carbocycles. The molecule has 5 nitrogen and oxygen atoms in total. The molecule has 100 valence electrons. The van der Waals surface area contributed by atoms with Gasteiger partial charge in [-0.1, -0.05) is 20.8 Å². The topological polar surface area (TPSA) is 82.5 Å². The monoisotopic (exact) mass is 252 g/mol. The van der Waals surface area contributed by atoms with Crippen molar-refractivity contribution >= 4 is 11.8 Å². The largest absolute Gasteiger partial charge is 0.478 e. The molecule has 3 N–H and O–H groups in total. The van der Waals surface area contributed by atoms with E-state index in [1.54, 1.807) is 12.3 Å². The van der Waals surface area contributed by atoms with E-state index in [0.717, 1.165) is 0 Å². The Morgan fingerprint density at radius 3 is 2.67 bits per heavy atom. The molecule has 0 amide bonds. The second kappa shape index (κ2) is 5.82. The van der Waals surface area contributed by atoms with Crippen LogP contribution in [0.15, 0.2) is 18.3 Å². The fourth-order valence-electron chi connectivity index (χ4n) is 1.71. The van der Waals surface area contributed by atoms with Crippen LogP contribution < -0.4 is 5.32 Å². The number of aromatic nitrogens is 1. The number of hydrogen-bond acceptors (Lipinski definition) is 4. The SMILES string of the molecule is CC(C)(C)C(CCO)Nc1ncccc1C(=O)O. The van der Waals surface area contributed by atoms with Crippen molar-refractivity contribution < 1.29 is 15.0 Å². The molecule has 1 aromatic rings. The molecule has 0 aliphatic heterocycles. The average molecular weight is 252 g/mol. The highest BCUT2D eigenvalue weighted by Crippen LogP contribution is 2.26. The first-order valence-electron chi connectivity index (χ1n) is 5.92. The van der Waals surface area contributed by atoms with Crippen LogP contribution in [0, 0.1) is 5.41 Å². The van der Waals surface area contributed by atoms with Crippen LogP contribution in [0.3, 0.4) is 0 Å². The van der Waals surface area contributed by atoms with Gasteiger partial charge >= 0.3 is 5.97 Å². The van der Waals surface area contributed by atoms with Crippen molar-refractivity contribution in [1.29, 1.82) is 0 Å². The summed E-state index contributed by atoms with van der Waals surface area (Å²) in [6, 6.07) is 3.05. The number of aromatic carboxylic acids is 1. The number of nitrogens with one attached hydrogen (secondary N) is 1. The van der Waals surface area contributed by atoms with Crippen LogP contribution >= 0.6 is 0 Å². The highest BCUT2D eigenvalue weighted by molar-refractivity contribution is 5.93. The lowest BCUT2D eigenvalue weighted by Crippen LogP contribution is -2.35. The zero-order chi connectivity index (χ0) is 13.8. The summed E-state index contributed by atoms with van der Waals surface area (Å²) in [5.41, 5.74) is 0.0421. The first-order chi connectivity index (χ1) is 8.36. The molecule has 1 heterocycles. The molecule has 1 atom stereocenters. The zero-order valence-electron chi connectivity index (χ0n) is 11.0. The van der Waals surface area contributed by atoms with Gasteiger partial charge in [0, 0.05) is 18.8 Å². The second-order valence-corrected chi connectivity index (χ2v) is 5.28. The van der Waals surface area contributed by atoms with Crippen molar-refractivity contribution in [2.75, 3.05) is 11.9 Å². The number of aliphatic hydroxyl groups is 1. The molecule has 0 bridgehead atoms. The minimum atomic E-state index is -1.01. The lowest BCUT2D eigenvalue weighted by atomic mass is 9.85. The number of nitrogens with zero attached hydrogens (tertiary/aromatic N) is 1. The Labute approximate surface area is 107 Å². The van der Waals surface area contributed by atoms with Gasteiger partial charge in [0.2, 0.25) is 0 Å². The predicted molar refractivity (Wildman–Crippen MR) is 69.8 cm³/mol. The molecule has 0 aliphatic carbocycles. The Morgan fingerprint density at radius 1 is 1.50 bits per heavy atom. The Bertz CT molecular complexity index is 413. The van der Waals surface area contributed by atoms with Crippen molar-refractivity contribution in [3.8, 4) is 0 Å². The molecule has 0 radical (unpaired) electrons. The Hall–Kier alpha value is -1.62. The van der Waals surface area contributed by atoms with Crippen LogP contribution in [0.2, 0.25) is 0 Å². The van der Waals surface area contributed by atoms with Crippen LogP contribution in [0.5, 0.6) is 0 Å². The van der Waals surface area contributed by atoms with Gasteiger partial charge in [0.25, 0.3) is 0 Å². The van der Waals surface area contributed by atoms with Crippen molar-refractivity contribution in [2.24, 2.45) is 5.41 Å². The summed E-state index contributed by atoms with van der Waals surface area (Å²) in [5, 5.41) is 21.3. The second-order valence-electron chi connectivity index (χ2n) is 5.28. The number of carbonyl (C=O) groups is 1. The van der Waals surface area contributed by atoms with E-state index in [-0.39, 0.29) is 23.6 Å². The van der Waals surface area contributed by atoms with Crippen LogP contribution in [0.4, 0.5) is 5.82 Å². The highest BCUT2D eigenvalue weighted by atomic mass is 16.4. The molecule has 0 saturated carbocycles. The van der Waals surface area contributed by atoms with Crippen molar-refractivity contribution in [1.82, 2.24) is 4.98 Å². The summed E-state index contributed by atoms with van der Waals surface area (Å²) in [5.74, 6) is -0.666. The Kier molecular flexibility index (Phi) is 4.67. The summed E-state index contributed by atoms with van der Waals surface area (Å²) in [6.07, 6.45) is 2.09. The maximum Gasteiger partial charge on any atom is 0.339 e. The number of carboxylic acid groups (broad SMARTS) is 1. The zero-order valence-corrected chi connectivity index (χ0v) is 11.0. The fourth-order valence-corrected chi connectivity index (χ4v) is 1.71. The third-order valence-electron chi connectivity index (χ3n) is 2.81. The quantitative estimate of drug-likeness (QED) is 0.746. The molecule has 1 unspecified atom stereocenters. The van der Waals surface area contributed by atoms with Gasteiger partial charge in [-0.15, -0.1) is 0 Å². The van der Waals surface area contributed by atoms with E-state index in [1.807, 2.05) is 20.8 Å². The van der Waals surface area contributed by atoms with Crippen molar-refractivity contribution in [2.45, 2.75) is 33.2 Å². The van der Waals surface area contributed by atoms with Gasteiger partial charge in [0.05, 0.1) is 0 Å². The summed E-state index contributed by atoms with van der Waals surface area (Å²) < 4.78 is 0. The van der Waals surface area contributed by atoms with Crippen LogP contribution in [0.25, 0.3) is 0 Å². The predicted octanol–water partition coefficient (Wildman–Crippen LogP) is 1.99. The molecule has 0 aliphatic rings. The van der Waals surface area contributed by atoms with Gasteiger partial charge < -0.3 is 15.5 Å². The number of rotatable bonds is 5. The third kappa shape index (κ3) is 3.70. The van der Waals surface area contributed by atoms with Crippen molar-refractivity contribution in [3.63, 3.8) is 0 Å². The standard InChI is InChI=1S/C13H20N2O3/c1-13(2,3)10(6-8-16)15-11-9(12(17)18)5-4-7-14-11/h4-5,7,10,16H,6,8H2,1-3H3,(H,14,15)(H,17,18). The van der Waals surface area contributed by atoms with E-state index >= 15 is 0 Å². The Morgan fingerprint density at radius 2 is 2.17 bits per heavy atom. The smallest absolute Gasteiger partial charge is 0.339 e. The van der Waals surface area contributed by atoms with Gasteiger partial charge in [-0.3, -0.25) is 0 Å². The normalized spacial score (nSPS) is 13.1. The van der Waals surface area contributed by atoms with Gasteiger partial charge in [0.15, 0.2) is 0 Å². The summed E-state index contributed by atoms with van der Waals surface area (Å²) in [7, 11) is 0. The number of anilines is 1. The highest BCUT2D eigenvalue weighted by Gasteiger charge is 2.25. The molecular weight excluding hydrogens is 232 g/mol. The van der Waals surface area contributed by atoms with Crippen molar-refractivity contribution in [3.05, 3.63) is 23.9 Å². The molecular formula is C13H20N2O3. The van der Waals surface area contributed by atoms with E-state index in [2.05, 4.69) is 10.3 Å². The van der Waals surface area contributed by atoms with E-state index in [0.29, 0.717) is 12.2 Å². The third-order valence-corrected chi connectivity index (χ3v) is 2.81. The van der Waals surface area contributed by atoms with E-state index in [1.165, 1.54) is 6.07 Å². The molecule has 1 rings (SSSR count). The molecule has 1 aromatic heterocycles. The lowest BCUT2D eigenvalue weighted by molar-refractivity contribution is 0.0697. The Balaban J connectivity index is 2.97. The van der Waals surface area contributed by atoms with E-state index in [4.69, 9.17) is 10.2 Å². The lowest BCUT2D eigenvalue weighted by Gasteiger charge is -2.31. The minimum Gasteiger partial charge on any atom is -0.478 e. The van der Waals surface area contributed by atoms with Gasteiger partial charge in [0.1, 0.15) is 11.4 Å². The summed E-state index contributed by atoms with van der Waals surface area (Å²) in [4.78, 5) is 15.1. The summed E-state index contributed by atoms with van der Waals surface area (Å²) in [6.45, 7) is 6.14. The number of aliphatic hydroxyl groups excluding tert-OH is 1. The van der Waals surface area contributed by atoms with E-state index < -0.39 is 5.97 Å². The average Bonchev–Trinajstić information content (AvgIpc) is 2.27. The number of carboxylic acids is 1. The molecule has 0 spiro atoms.